The van der Waals surface area contributed by atoms with Crippen molar-refractivity contribution in [3.8, 4) is 0 Å². The average molecular weight is 574 g/mol. The van der Waals surface area contributed by atoms with Crippen LogP contribution in [0.1, 0.15) is 21.3 Å². The van der Waals surface area contributed by atoms with Crippen LogP contribution in [-0.2, 0) is 15.9 Å². The van der Waals surface area contributed by atoms with Crippen molar-refractivity contribution in [2.75, 3.05) is 31.3 Å². The number of nitro groups is 1. The first kappa shape index (κ1) is 26.2. The standard InChI is InChI=1S/C21H18Cl2N4O5S3/c1-32-5-4-25-15-10-35(31)18-6-11(2-3-12(15)18)26-20(28)17-7-16(27(29)30)21(33-17)34-19-13(22)8-24-9-14(19)23/h2-3,6-9,15,25H,4-5,10H2,1H3,(H,26,28). The Morgan fingerprint density at radius 3 is 2.77 bits per heavy atom. The molecule has 3 aromatic rings. The number of ether oxygens (including phenoxy) is 1. The number of pyridine rings is 1. The fourth-order valence-corrected chi connectivity index (χ4v) is 7.66. The van der Waals surface area contributed by atoms with Gasteiger partial charge in [-0.1, -0.05) is 41.0 Å². The number of halogens is 2. The van der Waals surface area contributed by atoms with Crippen molar-refractivity contribution in [1.82, 2.24) is 10.3 Å². The van der Waals surface area contributed by atoms with Crippen LogP contribution in [0.3, 0.4) is 0 Å². The van der Waals surface area contributed by atoms with Crippen LogP contribution >= 0.6 is 46.3 Å². The molecule has 1 aliphatic heterocycles. The Hall–Kier alpha value is -1.90. The molecule has 1 amide bonds. The number of methoxy groups -OCH3 is 1. The molecule has 9 nitrogen and oxygen atoms in total. The average Bonchev–Trinajstić information content (AvgIpc) is 3.38. The minimum Gasteiger partial charge on any atom is -0.611 e. The van der Waals surface area contributed by atoms with Crippen LogP contribution in [-0.4, -0.2) is 46.4 Å². The molecule has 184 valence electrons. The van der Waals surface area contributed by atoms with Crippen LogP contribution in [0.15, 0.2) is 50.7 Å². The number of benzene rings is 1. The van der Waals surface area contributed by atoms with Crippen LogP contribution in [0, 0.1) is 10.1 Å². The number of anilines is 1. The molecule has 2 unspecified atom stereocenters. The van der Waals surface area contributed by atoms with E-state index >= 15 is 0 Å². The van der Waals surface area contributed by atoms with Gasteiger partial charge in [0, 0.05) is 49.4 Å². The molecule has 0 radical (unpaired) electrons. The van der Waals surface area contributed by atoms with Crippen molar-refractivity contribution >= 4 is 74.8 Å². The van der Waals surface area contributed by atoms with E-state index in [1.807, 2.05) is 6.07 Å². The number of carbonyl (C=O) groups is 1. The Balaban J connectivity index is 1.53. The lowest BCUT2D eigenvalue weighted by molar-refractivity contribution is -0.387. The van der Waals surface area contributed by atoms with E-state index in [-0.39, 0.29) is 30.9 Å². The minimum atomic E-state index is -1.21. The van der Waals surface area contributed by atoms with Gasteiger partial charge in [0.05, 0.1) is 32.5 Å². The van der Waals surface area contributed by atoms with Crippen LogP contribution in [0.25, 0.3) is 0 Å². The normalized spacial score (nSPS) is 16.8. The van der Waals surface area contributed by atoms with Crippen molar-refractivity contribution in [3.05, 3.63) is 67.3 Å². The summed E-state index contributed by atoms with van der Waals surface area (Å²) < 4.78 is 17.9. The van der Waals surface area contributed by atoms with Gasteiger partial charge in [-0.15, -0.1) is 11.3 Å². The molecule has 2 N–H and O–H groups in total. The second-order valence-corrected chi connectivity index (χ2v) is 11.9. The Morgan fingerprint density at radius 2 is 2.09 bits per heavy atom. The summed E-state index contributed by atoms with van der Waals surface area (Å²) in [5.41, 5.74) is 1.13. The summed E-state index contributed by atoms with van der Waals surface area (Å²) in [5, 5.41) is 18.2. The third kappa shape index (κ3) is 5.92. The van der Waals surface area contributed by atoms with Crippen LogP contribution < -0.4 is 10.6 Å². The van der Waals surface area contributed by atoms with Crippen molar-refractivity contribution < 1.29 is 19.0 Å². The number of hydrogen-bond acceptors (Lipinski definition) is 9. The number of nitrogens with zero attached hydrogens (tertiary/aromatic N) is 2. The van der Waals surface area contributed by atoms with Crippen LogP contribution in [0.2, 0.25) is 10.0 Å². The number of aromatic nitrogens is 1. The van der Waals surface area contributed by atoms with Crippen molar-refractivity contribution in [3.63, 3.8) is 0 Å². The van der Waals surface area contributed by atoms with Gasteiger partial charge in [-0.05, 0) is 17.2 Å². The monoisotopic (exact) mass is 572 g/mol. The van der Waals surface area contributed by atoms with E-state index in [2.05, 4.69) is 15.6 Å². The Kier molecular flexibility index (Phi) is 8.55. The highest BCUT2D eigenvalue weighted by atomic mass is 35.5. The van der Waals surface area contributed by atoms with Gasteiger partial charge in [-0.2, -0.15) is 0 Å². The first-order valence-corrected chi connectivity index (χ1v) is 13.8. The van der Waals surface area contributed by atoms with E-state index < -0.39 is 22.0 Å². The SMILES string of the molecule is COCCNC1C[S+]([O-])c2cc(NC(=O)c3cc([N+](=O)[O-])c(Sc4c(Cl)cncc4Cl)s3)ccc21. The molecule has 35 heavy (non-hydrogen) atoms. The molecule has 4 rings (SSSR count). The molecule has 0 bridgehead atoms. The Bertz CT molecular complexity index is 1260. The minimum absolute atomic E-state index is 0.0582. The number of carbonyl (C=O) groups excluding carboxylic acids is 1. The second-order valence-electron chi connectivity index (χ2n) is 7.29. The summed E-state index contributed by atoms with van der Waals surface area (Å²) in [5.74, 6) is -0.0794. The summed E-state index contributed by atoms with van der Waals surface area (Å²) in [7, 11) is 1.62. The third-order valence-corrected chi connectivity index (χ3v) is 9.75. The van der Waals surface area contributed by atoms with Crippen LogP contribution in [0.5, 0.6) is 0 Å². The lowest BCUT2D eigenvalue weighted by Gasteiger charge is -2.10. The highest BCUT2D eigenvalue weighted by Crippen LogP contribution is 2.46. The highest BCUT2D eigenvalue weighted by Gasteiger charge is 2.34. The van der Waals surface area contributed by atoms with Gasteiger partial charge < -0.3 is 19.9 Å². The Morgan fingerprint density at radius 1 is 1.34 bits per heavy atom. The predicted molar refractivity (Wildman–Crippen MR) is 138 cm³/mol. The van der Waals surface area contributed by atoms with Gasteiger partial charge in [-0.3, -0.25) is 19.9 Å². The molecule has 1 aliphatic rings. The maximum atomic E-state index is 12.9. The zero-order valence-electron chi connectivity index (χ0n) is 18.1. The van der Waals surface area contributed by atoms with Crippen molar-refractivity contribution in [2.24, 2.45) is 0 Å². The molecule has 0 aliphatic carbocycles. The molecule has 0 saturated heterocycles. The summed E-state index contributed by atoms with van der Waals surface area (Å²) in [4.78, 5) is 29.0. The lowest BCUT2D eigenvalue weighted by atomic mass is 10.1. The number of nitrogens with one attached hydrogen (secondary N) is 2. The van der Waals surface area contributed by atoms with E-state index in [4.69, 9.17) is 27.9 Å². The summed E-state index contributed by atoms with van der Waals surface area (Å²) in [6.07, 6.45) is 2.77. The van der Waals surface area contributed by atoms with Crippen molar-refractivity contribution in [2.45, 2.75) is 20.0 Å². The molecule has 1 aromatic carbocycles. The van der Waals surface area contributed by atoms with E-state index in [1.165, 1.54) is 18.5 Å². The van der Waals surface area contributed by atoms with Gasteiger partial charge >= 0.3 is 0 Å². The first-order chi connectivity index (χ1) is 16.8. The summed E-state index contributed by atoms with van der Waals surface area (Å²) in [6.45, 7) is 1.17. The zero-order valence-corrected chi connectivity index (χ0v) is 22.0. The van der Waals surface area contributed by atoms with Gasteiger partial charge in [0.2, 0.25) is 0 Å². The van der Waals surface area contributed by atoms with Gasteiger partial charge in [0.25, 0.3) is 11.6 Å². The number of rotatable bonds is 9. The molecule has 3 heterocycles. The van der Waals surface area contributed by atoms with Gasteiger partial charge in [-0.25, -0.2) is 0 Å². The van der Waals surface area contributed by atoms with E-state index in [1.54, 1.807) is 19.2 Å². The maximum absolute atomic E-state index is 12.9. The molecule has 2 aromatic heterocycles. The fourth-order valence-electron chi connectivity index (χ4n) is 3.39. The number of fused-ring (bicyclic) bond motifs is 1. The topological polar surface area (TPSA) is 129 Å². The van der Waals surface area contributed by atoms with Gasteiger partial charge in [0.1, 0.15) is 14.8 Å². The second kappa shape index (κ2) is 11.4. The zero-order chi connectivity index (χ0) is 25.1. The van der Waals surface area contributed by atoms with E-state index in [9.17, 15) is 19.5 Å². The van der Waals surface area contributed by atoms with Gasteiger partial charge in [0.15, 0.2) is 4.90 Å². The quantitative estimate of drug-likeness (QED) is 0.155. The molecular weight excluding hydrogens is 555 g/mol. The Labute approximate surface area is 221 Å². The van der Waals surface area contributed by atoms with Crippen molar-refractivity contribution in [1.29, 1.82) is 0 Å². The summed E-state index contributed by atoms with van der Waals surface area (Å²) in [6, 6.07) is 6.38. The molecule has 0 saturated carbocycles. The number of hydrogen-bond donors (Lipinski definition) is 2. The third-order valence-electron chi connectivity index (χ3n) is 5.01. The van der Waals surface area contributed by atoms with E-state index in [0.29, 0.717) is 34.4 Å². The highest BCUT2D eigenvalue weighted by molar-refractivity contribution is 8.01. The predicted octanol–water partition coefficient (Wildman–Crippen LogP) is 5.16. The summed E-state index contributed by atoms with van der Waals surface area (Å²) >= 11 is 13.0. The van der Waals surface area contributed by atoms with Crippen LogP contribution in [0.4, 0.5) is 11.4 Å². The fraction of sp³-hybridized carbons (Fsp3) is 0.238. The number of amides is 1. The molecule has 2 atom stereocenters. The molecular formula is C21H18Cl2N4O5S3. The molecule has 0 spiro atoms. The maximum Gasteiger partial charge on any atom is 0.294 e. The largest absolute Gasteiger partial charge is 0.611 e. The lowest BCUT2D eigenvalue weighted by Crippen LogP contribution is -2.26. The molecule has 14 heteroatoms. The van der Waals surface area contributed by atoms with E-state index in [0.717, 1.165) is 28.7 Å². The molecule has 0 fully saturated rings. The first-order valence-electron chi connectivity index (χ1n) is 10.1. The number of thiophene rings is 1. The smallest absolute Gasteiger partial charge is 0.294 e.